The summed E-state index contributed by atoms with van der Waals surface area (Å²) in [5.74, 6) is 0.910. The smallest absolute Gasteiger partial charge is 0.255 e. The molecule has 1 amide bonds. The zero-order valence-electron chi connectivity index (χ0n) is 13.7. The highest BCUT2D eigenvalue weighted by Crippen LogP contribution is 2.26. The van der Waals surface area contributed by atoms with Crippen LogP contribution in [0.2, 0.25) is 5.02 Å². The highest BCUT2D eigenvalue weighted by Gasteiger charge is 2.28. The first kappa shape index (κ1) is 16.1. The van der Waals surface area contributed by atoms with E-state index in [1.54, 1.807) is 4.90 Å². The Labute approximate surface area is 149 Å². The summed E-state index contributed by atoms with van der Waals surface area (Å²) < 4.78 is 15.3. The van der Waals surface area contributed by atoms with Crippen LogP contribution in [0.5, 0.6) is 0 Å². The summed E-state index contributed by atoms with van der Waals surface area (Å²) in [4.78, 5) is 16.5. The largest absolute Gasteiger partial charge is 0.371 e. The molecule has 1 aromatic heterocycles. The molecule has 0 bridgehead atoms. The second-order valence-corrected chi connectivity index (χ2v) is 6.65. The molecule has 0 N–H and O–H groups in total. The average Bonchev–Trinajstić information content (AvgIpc) is 3.19. The van der Waals surface area contributed by atoms with Crippen molar-refractivity contribution in [1.29, 1.82) is 0 Å². The predicted octanol–water partition coefficient (Wildman–Crippen LogP) is 2.40. The van der Waals surface area contributed by atoms with Gasteiger partial charge in [0.2, 0.25) is 0 Å². The lowest BCUT2D eigenvalue weighted by atomic mass is 10.1. The van der Waals surface area contributed by atoms with Gasteiger partial charge >= 0.3 is 0 Å². The van der Waals surface area contributed by atoms with Crippen LogP contribution in [0, 0.1) is 5.82 Å². The van der Waals surface area contributed by atoms with Crippen molar-refractivity contribution in [2.45, 2.75) is 19.5 Å². The van der Waals surface area contributed by atoms with Crippen LogP contribution >= 0.6 is 11.6 Å². The summed E-state index contributed by atoms with van der Waals surface area (Å²) in [7, 11) is 2.04. The molecule has 0 saturated heterocycles. The van der Waals surface area contributed by atoms with Gasteiger partial charge in [0.05, 0.1) is 22.8 Å². The molecule has 0 aliphatic carbocycles. The average molecular weight is 362 g/mol. The van der Waals surface area contributed by atoms with Gasteiger partial charge in [0.15, 0.2) is 11.6 Å². The van der Waals surface area contributed by atoms with E-state index < -0.39 is 5.82 Å². The lowest BCUT2D eigenvalue weighted by molar-refractivity contribution is 0.0707. The van der Waals surface area contributed by atoms with E-state index in [1.807, 2.05) is 7.05 Å². The van der Waals surface area contributed by atoms with Gasteiger partial charge in [-0.1, -0.05) is 17.7 Å². The number of carbonyl (C=O) groups is 1. The minimum Gasteiger partial charge on any atom is -0.371 e. The van der Waals surface area contributed by atoms with Crippen LogP contribution in [0.4, 0.5) is 4.39 Å². The normalized spacial score (nSPS) is 16.8. The lowest BCUT2D eigenvalue weighted by Gasteiger charge is -2.28. The number of aromatic nitrogens is 3. The van der Waals surface area contributed by atoms with Crippen LogP contribution < -0.4 is 0 Å². The maximum Gasteiger partial charge on any atom is 0.255 e. The molecule has 25 heavy (non-hydrogen) atoms. The van der Waals surface area contributed by atoms with Crippen LogP contribution in [0.3, 0.4) is 0 Å². The molecule has 3 heterocycles. The topological polar surface area (TPSA) is 54.3 Å². The first-order valence-electron chi connectivity index (χ1n) is 8.12. The Kier molecular flexibility index (Phi) is 3.95. The van der Waals surface area contributed by atoms with E-state index in [-0.39, 0.29) is 10.9 Å². The fourth-order valence-corrected chi connectivity index (χ4v) is 3.54. The van der Waals surface area contributed by atoms with Gasteiger partial charge in [-0.05, 0) is 24.6 Å². The Morgan fingerprint density at radius 2 is 2.08 bits per heavy atom. The third kappa shape index (κ3) is 2.78. The summed E-state index contributed by atoms with van der Waals surface area (Å²) in [6.45, 7) is 2.48. The van der Waals surface area contributed by atoms with Crippen LogP contribution in [0.15, 0.2) is 24.3 Å². The van der Waals surface area contributed by atoms with Crippen molar-refractivity contribution in [2.24, 2.45) is 0 Å². The Balaban J connectivity index is 1.58. The van der Waals surface area contributed by atoms with Gasteiger partial charge in [0, 0.05) is 26.7 Å². The number of amides is 1. The predicted molar refractivity (Wildman–Crippen MR) is 91.4 cm³/mol. The minimum absolute atomic E-state index is 0.121. The number of halogens is 2. The van der Waals surface area contributed by atoms with Crippen LogP contribution in [-0.2, 0) is 13.1 Å². The summed E-state index contributed by atoms with van der Waals surface area (Å²) in [5, 5.41) is 8.69. The molecule has 0 radical (unpaired) electrons. The first-order chi connectivity index (χ1) is 12.0. The van der Waals surface area contributed by atoms with Gasteiger partial charge in [-0.2, -0.15) is 0 Å². The Morgan fingerprint density at radius 3 is 2.80 bits per heavy atom. The third-order valence-electron chi connectivity index (χ3n) is 4.64. The van der Waals surface area contributed by atoms with E-state index in [9.17, 15) is 9.18 Å². The Morgan fingerprint density at radius 1 is 1.24 bits per heavy atom. The molecule has 2 aromatic rings. The van der Waals surface area contributed by atoms with Crippen LogP contribution in [0.25, 0.3) is 5.70 Å². The quantitative estimate of drug-likeness (QED) is 0.824. The molecule has 4 rings (SSSR count). The molecular weight excluding hydrogens is 345 g/mol. The van der Waals surface area contributed by atoms with Crippen molar-refractivity contribution in [1.82, 2.24) is 24.6 Å². The Hall–Kier alpha value is -2.41. The summed E-state index contributed by atoms with van der Waals surface area (Å²) in [6.07, 6.45) is 3.16. The molecule has 0 fully saturated rings. The number of benzene rings is 1. The SMILES string of the molecule is CN1CCC=C1c1nnc2n1CCN(C(=O)c1ccc(F)cc1Cl)C2. The van der Waals surface area contributed by atoms with Gasteiger partial charge in [-0.15, -0.1) is 10.2 Å². The van der Waals surface area contributed by atoms with Crippen molar-refractivity contribution in [3.63, 3.8) is 0 Å². The van der Waals surface area contributed by atoms with Crippen molar-refractivity contribution in [2.75, 3.05) is 20.1 Å². The molecular formula is C17H17ClFN5O. The zero-order valence-corrected chi connectivity index (χ0v) is 14.5. The van der Waals surface area contributed by atoms with E-state index in [0.717, 1.165) is 36.4 Å². The number of hydrogen-bond acceptors (Lipinski definition) is 4. The minimum atomic E-state index is -0.460. The van der Waals surface area contributed by atoms with Gasteiger partial charge in [0.25, 0.3) is 5.91 Å². The summed E-state index contributed by atoms with van der Waals surface area (Å²) in [5.41, 5.74) is 1.38. The van der Waals surface area contributed by atoms with E-state index in [0.29, 0.717) is 25.2 Å². The van der Waals surface area contributed by atoms with E-state index in [1.165, 1.54) is 12.1 Å². The summed E-state index contributed by atoms with van der Waals surface area (Å²) in [6, 6.07) is 3.82. The van der Waals surface area contributed by atoms with Gasteiger partial charge in [-0.25, -0.2) is 4.39 Å². The number of fused-ring (bicyclic) bond motifs is 1. The first-order valence-corrected chi connectivity index (χ1v) is 8.50. The van der Waals surface area contributed by atoms with E-state index in [2.05, 4.69) is 25.7 Å². The molecule has 2 aliphatic rings. The van der Waals surface area contributed by atoms with Crippen molar-refractivity contribution < 1.29 is 9.18 Å². The highest BCUT2D eigenvalue weighted by atomic mass is 35.5. The zero-order chi connectivity index (χ0) is 17.6. The monoisotopic (exact) mass is 361 g/mol. The van der Waals surface area contributed by atoms with Crippen molar-refractivity contribution in [3.05, 3.63) is 52.3 Å². The molecule has 0 spiro atoms. The molecule has 8 heteroatoms. The maximum atomic E-state index is 13.2. The number of nitrogens with zero attached hydrogens (tertiary/aromatic N) is 5. The van der Waals surface area contributed by atoms with Gasteiger partial charge < -0.3 is 14.4 Å². The summed E-state index contributed by atoms with van der Waals surface area (Å²) >= 11 is 6.02. The standard InChI is InChI=1S/C17H17ClFN5O/c1-22-6-2-3-14(22)16-21-20-15-10-23(7-8-24(15)16)17(25)12-5-4-11(19)9-13(12)18/h3-5,9H,2,6-8,10H2,1H3. The molecule has 2 aliphatic heterocycles. The molecule has 0 saturated carbocycles. The van der Waals surface area contributed by atoms with Crippen molar-refractivity contribution in [3.8, 4) is 0 Å². The lowest BCUT2D eigenvalue weighted by Crippen LogP contribution is -2.39. The van der Waals surface area contributed by atoms with Gasteiger partial charge in [-0.3, -0.25) is 4.79 Å². The van der Waals surface area contributed by atoms with Crippen LogP contribution in [0.1, 0.15) is 28.4 Å². The molecule has 0 unspecified atom stereocenters. The molecule has 1 aromatic carbocycles. The number of rotatable bonds is 2. The highest BCUT2D eigenvalue weighted by molar-refractivity contribution is 6.33. The van der Waals surface area contributed by atoms with Crippen molar-refractivity contribution >= 4 is 23.2 Å². The fourth-order valence-electron chi connectivity index (χ4n) is 3.29. The second kappa shape index (κ2) is 6.15. The fraction of sp³-hybridized carbons (Fsp3) is 0.353. The molecule has 6 nitrogen and oxygen atoms in total. The third-order valence-corrected chi connectivity index (χ3v) is 4.96. The second-order valence-electron chi connectivity index (χ2n) is 6.24. The number of carbonyl (C=O) groups excluding carboxylic acids is 1. The number of hydrogen-bond donors (Lipinski definition) is 0. The van der Waals surface area contributed by atoms with Gasteiger partial charge in [0.1, 0.15) is 5.82 Å². The molecule has 130 valence electrons. The molecule has 0 atom stereocenters. The Bertz CT molecular complexity index is 878. The van der Waals surface area contributed by atoms with E-state index >= 15 is 0 Å². The van der Waals surface area contributed by atoms with E-state index in [4.69, 9.17) is 11.6 Å². The maximum absolute atomic E-state index is 13.2. The van der Waals surface area contributed by atoms with Crippen LogP contribution in [-0.4, -0.2) is 50.6 Å².